The lowest BCUT2D eigenvalue weighted by atomic mass is 10.1. The van der Waals surface area contributed by atoms with Gasteiger partial charge in [0, 0.05) is 22.1 Å². The molecule has 0 aromatic heterocycles. The van der Waals surface area contributed by atoms with Gasteiger partial charge in [-0.1, -0.05) is 36.4 Å². The Morgan fingerprint density at radius 3 is 2.45 bits per heavy atom. The maximum Gasteiger partial charge on any atom is 0.145 e. The summed E-state index contributed by atoms with van der Waals surface area (Å²) in [5, 5.41) is 8.78. The molecule has 0 aliphatic rings. The Morgan fingerprint density at radius 2 is 1.75 bits per heavy atom. The van der Waals surface area contributed by atoms with E-state index in [1.165, 1.54) is 6.07 Å². The van der Waals surface area contributed by atoms with Crippen LogP contribution in [0.4, 0.5) is 4.39 Å². The Morgan fingerprint density at radius 1 is 1.10 bits per heavy atom. The Balaban J connectivity index is 2.14. The highest BCUT2D eigenvalue weighted by molar-refractivity contribution is 7.83. The summed E-state index contributed by atoms with van der Waals surface area (Å²) in [5.41, 5.74) is 2.40. The van der Waals surface area contributed by atoms with Gasteiger partial charge in [0.1, 0.15) is 11.9 Å². The van der Waals surface area contributed by atoms with Crippen molar-refractivity contribution in [3.05, 3.63) is 70.5 Å². The molecule has 102 valence electrons. The van der Waals surface area contributed by atoms with Crippen LogP contribution < -0.4 is 0 Å². The van der Waals surface area contributed by atoms with Crippen LogP contribution >= 0.6 is 0 Å². The van der Waals surface area contributed by atoms with Gasteiger partial charge in [0.15, 0.2) is 0 Å². The number of benzene rings is 2. The molecule has 2 rings (SSSR count). The van der Waals surface area contributed by atoms with E-state index in [-0.39, 0.29) is 11.3 Å². The number of nitriles is 1. The van der Waals surface area contributed by atoms with E-state index in [9.17, 15) is 8.60 Å². The Hall–Kier alpha value is -1.99. The van der Waals surface area contributed by atoms with Crippen molar-refractivity contribution >= 4 is 10.8 Å². The second kappa shape index (κ2) is 6.44. The van der Waals surface area contributed by atoms with Gasteiger partial charge >= 0.3 is 0 Å². The van der Waals surface area contributed by atoms with E-state index in [2.05, 4.69) is 0 Å². The van der Waals surface area contributed by atoms with Crippen molar-refractivity contribution in [2.45, 2.75) is 18.4 Å². The highest BCUT2D eigenvalue weighted by atomic mass is 32.2. The summed E-state index contributed by atoms with van der Waals surface area (Å²) in [6.45, 7) is 1.96. The third kappa shape index (κ3) is 3.31. The predicted octanol–water partition coefficient (Wildman–Crippen LogP) is 3.45. The molecular formula is C16H14FNOS. The quantitative estimate of drug-likeness (QED) is 0.864. The minimum atomic E-state index is -1.20. The molecule has 2 aromatic rings. The zero-order valence-electron chi connectivity index (χ0n) is 11.1. The van der Waals surface area contributed by atoms with Crippen LogP contribution in [0.1, 0.15) is 22.3 Å². The topological polar surface area (TPSA) is 40.9 Å². The summed E-state index contributed by atoms with van der Waals surface area (Å²) >= 11 is 0. The van der Waals surface area contributed by atoms with E-state index in [0.29, 0.717) is 11.3 Å². The molecule has 1 unspecified atom stereocenters. The average Bonchev–Trinajstić information content (AvgIpc) is 2.44. The molecule has 0 fully saturated rings. The molecule has 0 saturated carbocycles. The standard InChI is InChI=1S/C16H14FNOS/c1-12-5-2-3-6-14(12)10-20(19)11-15-8-4-7-13(9-18)16(15)17/h2-8H,10-11H2,1H3. The van der Waals surface area contributed by atoms with Crippen LogP contribution in [0.25, 0.3) is 0 Å². The fourth-order valence-electron chi connectivity index (χ4n) is 1.95. The van der Waals surface area contributed by atoms with Crippen molar-refractivity contribution < 1.29 is 8.60 Å². The number of hydrogen-bond donors (Lipinski definition) is 0. The molecular weight excluding hydrogens is 273 g/mol. The third-order valence-corrected chi connectivity index (χ3v) is 4.36. The first kappa shape index (κ1) is 14.4. The van der Waals surface area contributed by atoms with Crippen molar-refractivity contribution in [1.29, 1.82) is 5.26 Å². The van der Waals surface area contributed by atoms with Gasteiger partial charge < -0.3 is 0 Å². The summed E-state index contributed by atoms with van der Waals surface area (Å²) < 4.78 is 26.0. The van der Waals surface area contributed by atoms with Gasteiger partial charge in [0.05, 0.1) is 11.3 Å². The van der Waals surface area contributed by atoms with E-state index in [0.717, 1.165) is 11.1 Å². The fourth-order valence-corrected chi connectivity index (χ4v) is 3.29. The van der Waals surface area contributed by atoms with Crippen molar-refractivity contribution in [1.82, 2.24) is 0 Å². The molecule has 0 heterocycles. The van der Waals surface area contributed by atoms with Crippen LogP contribution in [0.3, 0.4) is 0 Å². The second-order valence-corrected chi connectivity index (χ2v) is 6.00. The minimum Gasteiger partial charge on any atom is -0.259 e. The van der Waals surface area contributed by atoms with E-state index in [4.69, 9.17) is 5.26 Å². The maximum atomic E-state index is 13.9. The number of rotatable bonds is 4. The molecule has 0 aliphatic carbocycles. The number of halogens is 1. The Kier molecular flexibility index (Phi) is 4.65. The zero-order valence-corrected chi connectivity index (χ0v) is 11.9. The van der Waals surface area contributed by atoms with E-state index in [1.807, 2.05) is 31.2 Å². The molecule has 4 heteroatoms. The molecule has 2 nitrogen and oxygen atoms in total. The highest BCUT2D eigenvalue weighted by Crippen LogP contribution is 2.17. The first-order valence-electron chi connectivity index (χ1n) is 6.19. The molecule has 0 saturated heterocycles. The molecule has 1 atom stereocenters. The van der Waals surface area contributed by atoms with Gasteiger partial charge in [-0.05, 0) is 24.1 Å². The van der Waals surface area contributed by atoms with Gasteiger partial charge in [-0.2, -0.15) is 5.26 Å². The monoisotopic (exact) mass is 287 g/mol. The van der Waals surface area contributed by atoms with Crippen molar-refractivity contribution in [3.8, 4) is 6.07 Å². The molecule has 2 aromatic carbocycles. The van der Waals surface area contributed by atoms with Crippen LogP contribution in [0.5, 0.6) is 0 Å². The predicted molar refractivity (Wildman–Crippen MR) is 77.8 cm³/mol. The zero-order chi connectivity index (χ0) is 14.5. The van der Waals surface area contributed by atoms with Crippen molar-refractivity contribution in [2.24, 2.45) is 0 Å². The molecule has 0 radical (unpaired) electrons. The van der Waals surface area contributed by atoms with Crippen LogP contribution in [0.15, 0.2) is 42.5 Å². The largest absolute Gasteiger partial charge is 0.259 e. The van der Waals surface area contributed by atoms with E-state index < -0.39 is 16.6 Å². The lowest BCUT2D eigenvalue weighted by Gasteiger charge is -2.07. The SMILES string of the molecule is Cc1ccccc1CS(=O)Cc1cccc(C#N)c1F. The van der Waals surface area contributed by atoms with Gasteiger partial charge in [-0.25, -0.2) is 4.39 Å². The minimum absolute atomic E-state index is 0.00427. The Bertz CT molecular complexity index is 691. The van der Waals surface area contributed by atoms with Crippen LogP contribution in [0, 0.1) is 24.1 Å². The highest BCUT2D eigenvalue weighted by Gasteiger charge is 2.11. The maximum absolute atomic E-state index is 13.9. The second-order valence-electron chi connectivity index (χ2n) is 4.55. The smallest absolute Gasteiger partial charge is 0.145 e. The molecule has 0 bridgehead atoms. The summed E-state index contributed by atoms with van der Waals surface area (Å²) in [6, 6.07) is 14.1. The number of nitrogens with zero attached hydrogens (tertiary/aromatic N) is 1. The van der Waals surface area contributed by atoms with Crippen molar-refractivity contribution in [3.63, 3.8) is 0 Å². The first-order valence-corrected chi connectivity index (χ1v) is 7.67. The van der Waals surface area contributed by atoms with Gasteiger partial charge in [0.2, 0.25) is 0 Å². The van der Waals surface area contributed by atoms with Gasteiger partial charge in [-0.3, -0.25) is 4.21 Å². The molecule has 0 amide bonds. The third-order valence-electron chi connectivity index (χ3n) is 3.09. The van der Waals surface area contributed by atoms with Crippen LogP contribution in [-0.2, 0) is 22.3 Å². The fraction of sp³-hybridized carbons (Fsp3) is 0.188. The molecule has 0 N–H and O–H groups in total. The van der Waals surface area contributed by atoms with E-state index in [1.54, 1.807) is 18.2 Å². The summed E-state index contributed by atoms with van der Waals surface area (Å²) in [4.78, 5) is 0. The van der Waals surface area contributed by atoms with Gasteiger partial charge in [-0.15, -0.1) is 0 Å². The molecule has 0 aliphatic heterocycles. The summed E-state index contributed by atoms with van der Waals surface area (Å²) in [7, 11) is -1.20. The molecule has 20 heavy (non-hydrogen) atoms. The van der Waals surface area contributed by atoms with Crippen LogP contribution in [0.2, 0.25) is 0 Å². The summed E-state index contributed by atoms with van der Waals surface area (Å²) in [5.74, 6) is -0.0494. The lowest BCUT2D eigenvalue weighted by molar-refractivity contribution is 0.611. The van der Waals surface area contributed by atoms with E-state index >= 15 is 0 Å². The normalized spacial score (nSPS) is 11.8. The Labute approximate surface area is 120 Å². The molecule has 0 spiro atoms. The number of aryl methyl sites for hydroxylation is 1. The number of hydrogen-bond acceptors (Lipinski definition) is 2. The van der Waals surface area contributed by atoms with Crippen molar-refractivity contribution in [2.75, 3.05) is 0 Å². The summed E-state index contributed by atoms with van der Waals surface area (Å²) in [6.07, 6.45) is 0. The lowest BCUT2D eigenvalue weighted by Crippen LogP contribution is -2.03. The van der Waals surface area contributed by atoms with Gasteiger partial charge in [0.25, 0.3) is 0 Å². The van der Waals surface area contributed by atoms with Crippen LogP contribution in [-0.4, -0.2) is 4.21 Å². The average molecular weight is 287 g/mol. The first-order chi connectivity index (χ1) is 9.61.